The highest BCUT2D eigenvalue weighted by Gasteiger charge is 2.29. The Kier molecular flexibility index (Phi) is 8.06. The van der Waals surface area contributed by atoms with Crippen LogP contribution in [0.25, 0.3) is 10.6 Å². The van der Waals surface area contributed by atoms with Gasteiger partial charge in [0.05, 0.1) is 19.9 Å². The maximum absolute atomic E-state index is 13.5. The Morgan fingerprint density at radius 1 is 1.09 bits per heavy atom. The zero-order valence-corrected chi connectivity index (χ0v) is 20.4. The van der Waals surface area contributed by atoms with E-state index in [1.165, 1.54) is 11.3 Å². The molecule has 0 bridgehead atoms. The van der Waals surface area contributed by atoms with E-state index in [-0.39, 0.29) is 11.8 Å². The molecule has 1 N–H and O–H groups in total. The van der Waals surface area contributed by atoms with Gasteiger partial charge in [-0.2, -0.15) is 0 Å². The Balaban J connectivity index is 1.86. The third-order valence-electron chi connectivity index (χ3n) is 5.23. The number of benzene rings is 2. The molecule has 174 valence electrons. The number of hydrogen-bond acceptors (Lipinski definition) is 6. The molecule has 2 amide bonds. The highest BCUT2D eigenvalue weighted by molar-refractivity contribution is 7.17. The van der Waals surface area contributed by atoms with Gasteiger partial charge in [-0.05, 0) is 50.6 Å². The number of thiazole rings is 1. The number of aromatic nitrogens is 1. The lowest BCUT2D eigenvalue weighted by Gasteiger charge is -2.28. The lowest BCUT2D eigenvalue weighted by Crippen LogP contribution is -2.46. The molecule has 3 rings (SSSR count). The van der Waals surface area contributed by atoms with Crippen LogP contribution in [0.2, 0.25) is 0 Å². The Hall–Kier alpha value is -3.39. The number of anilines is 1. The number of methoxy groups -OCH3 is 2. The van der Waals surface area contributed by atoms with Crippen LogP contribution in [0.15, 0.2) is 48.5 Å². The van der Waals surface area contributed by atoms with E-state index in [1.807, 2.05) is 62.4 Å². The fourth-order valence-corrected chi connectivity index (χ4v) is 4.46. The van der Waals surface area contributed by atoms with Crippen LogP contribution < -0.4 is 14.8 Å². The van der Waals surface area contributed by atoms with E-state index in [1.54, 1.807) is 26.0 Å². The molecule has 0 spiro atoms. The zero-order valence-electron chi connectivity index (χ0n) is 19.5. The fraction of sp³-hybridized carbons (Fsp3) is 0.320. The topological polar surface area (TPSA) is 80.8 Å². The van der Waals surface area contributed by atoms with Gasteiger partial charge in [0.1, 0.15) is 15.9 Å². The van der Waals surface area contributed by atoms with Crippen molar-refractivity contribution in [1.29, 1.82) is 0 Å². The van der Waals surface area contributed by atoms with Gasteiger partial charge in [-0.1, -0.05) is 25.1 Å². The van der Waals surface area contributed by atoms with Crippen LogP contribution in [0, 0.1) is 6.92 Å². The molecule has 0 fully saturated rings. The van der Waals surface area contributed by atoms with Gasteiger partial charge in [0.2, 0.25) is 5.91 Å². The SMILES string of the molecule is CCCN(C(=O)c1sc(-c2ccc(OC)c(OC)c2)nc1C)C(C)C(=O)Nc1ccccc1. The molecule has 0 saturated carbocycles. The van der Waals surface area contributed by atoms with Crippen molar-refractivity contribution in [3.8, 4) is 22.1 Å². The van der Waals surface area contributed by atoms with Crippen molar-refractivity contribution >= 4 is 28.8 Å². The van der Waals surface area contributed by atoms with E-state index < -0.39 is 6.04 Å². The molecule has 7 nitrogen and oxygen atoms in total. The van der Waals surface area contributed by atoms with Crippen molar-refractivity contribution in [3.05, 3.63) is 59.1 Å². The van der Waals surface area contributed by atoms with Gasteiger partial charge in [0.15, 0.2) is 11.5 Å². The van der Waals surface area contributed by atoms with E-state index in [2.05, 4.69) is 10.3 Å². The minimum Gasteiger partial charge on any atom is -0.493 e. The average molecular weight is 468 g/mol. The van der Waals surface area contributed by atoms with Crippen LogP contribution in [-0.4, -0.2) is 48.5 Å². The van der Waals surface area contributed by atoms with Crippen molar-refractivity contribution in [2.24, 2.45) is 0 Å². The Morgan fingerprint density at radius 3 is 2.42 bits per heavy atom. The van der Waals surface area contributed by atoms with Crippen molar-refractivity contribution in [1.82, 2.24) is 9.88 Å². The minimum atomic E-state index is -0.635. The maximum atomic E-state index is 13.5. The molecule has 33 heavy (non-hydrogen) atoms. The highest BCUT2D eigenvalue weighted by atomic mass is 32.1. The van der Waals surface area contributed by atoms with Gasteiger partial charge in [0.25, 0.3) is 5.91 Å². The summed E-state index contributed by atoms with van der Waals surface area (Å²) in [5.74, 6) is 0.785. The number of hydrogen-bond donors (Lipinski definition) is 1. The minimum absolute atomic E-state index is 0.200. The number of nitrogens with zero attached hydrogens (tertiary/aromatic N) is 2. The predicted octanol–water partition coefficient (Wildman–Crippen LogP) is 5.02. The smallest absolute Gasteiger partial charge is 0.266 e. The molecule has 1 atom stereocenters. The first kappa shape index (κ1) is 24.3. The molecule has 3 aromatic rings. The summed E-state index contributed by atoms with van der Waals surface area (Å²) in [6.45, 7) is 6.01. The molecular weight excluding hydrogens is 438 g/mol. The first-order valence-electron chi connectivity index (χ1n) is 10.8. The van der Waals surface area contributed by atoms with Crippen molar-refractivity contribution < 1.29 is 19.1 Å². The summed E-state index contributed by atoms with van der Waals surface area (Å²) in [7, 11) is 3.16. The predicted molar refractivity (Wildman–Crippen MR) is 131 cm³/mol. The molecule has 0 aliphatic heterocycles. The summed E-state index contributed by atoms with van der Waals surface area (Å²) >= 11 is 1.31. The van der Waals surface area contributed by atoms with Gasteiger partial charge in [-0.3, -0.25) is 9.59 Å². The second-order valence-electron chi connectivity index (χ2n) is 7.53. The van der Waals surface area contributed by atoms with E-state index in [0.717, 1.165) is 12.0 Å². The Bertz CT molecular complexity index is 1110. The summed E-state index contributed by atoms with van der Waals surface area (Å²) in [6, 6.07) is 14.1. The van der Waals surface area contributed by atoms with E-state index in [0.29, 0.717) is 39.3 Å². The lowest BCUT2D eigenvalue weighted by atomic mass is 10.2. The van der Waals surface area contributed by atoms with Crippen LogP contribution >= 0.6 is 11.3 Å². The lowest BCUT2D eigenvalue weighted by molar-refractivity contribution is -0.120. The van der Waals surface area contributed by atoms with Crippen molar-refractivity contribution in [2.75, 3.05) is 26.1 Å². The van der Waals surface area contributed by atoms with Crippen LogP contribution in [0.1, 0.15) is 35.6 Å². The fourth-order valence-electron chi connectivity index (χ4n) is 3.44. The molecule has 1 heterocycles. The van der Waals surface area contributed by atoms with E-state index >= 15 is 0 Å². The van der Waals surface area contributed by atoms with E-state index in [9.17, 15) is 9.59 Å². The largest absolute Gasteiger partial charge is 0.493 e. The number of aryl methyl sites for hydroxylation is 1. The monoisotopic (exact) mass is 467 g/mol. The summed E-state index contributed by atoms with van der Waals surface area (Å²) in [6.07, 6.45) is 0.731. The second-order valence-corrected chi connectivity index (χ2v) is 8.53. The first-order chi connectivity index (χ1) is 15.9. The number of ether oxygens (including phenoxy) is 2. The molecular formula is C25H29N3O4S. The van der Waals surface area contributed by atoms with Gasteiger partial charge < -0.3 is 19.7 Å². The molecule has 1 aromatic heterocycles. The van der Waals surface area contributed by atoms with Crippen LogP contribution in [0.5, 0.6) is 11.5 Å². The molecule has 0 radical (unpaired) electrons. The summed E-state index contributed by atoms with van der Waals surface area (Å²) in [4.78, 5) is 33.1. The molecule has 0 saturated heterocycles. The van der Waals surface area contributed by atoms with Crippen molar-refractivity contribution in [3.63, 3.8) is 0 Å². The molecule has 2 aromatic carbocycles. The third-order valence-corrected chi connectivity index (χ3v) is 6.43. The molecule has 1 unspecified atom stereocenters. The van der Waals surface area contributed by atoms with Crippen LogP contribution in [0.3, 0.4) is 0 Å². The van der Waals surface area contributed by atoms with Gasteiger partial charge in [-0.15, -0.1) is 11.3 Å². The van der Waals surface area contributed by atoms with Gasteiger partial charge in [0, 0.05) is 17.8 Å². The van der Waals surface area contributed by atoms with Gasteiger partial charge in [-0.25, -0.2) is 4.98 Å². The van der Waals surface area contributed by atoms with Crippen molar-refractivity contribution in [2.45, 2.75) is 33.2 Å². The molecule has 8 heteroatoms. The number of rotatable bonds is 9. The highest BCUT2D eigenvalue weighted by Crippen LogP contribution is 2.35. The normalized spacial score (nSPS) is 11.5. The quantitative estimate of drug-likeness (QED) is 0.478. The van der Waals surface area contributed by atoms with Gasteiger partial charge >= 0.3 is 0 Å². The third kappa shape index (κ3) is 5.51. The maximum Gasteiger partial charge on any atom is 0.266 e. The summed E-state index contributed by atoms with van der Waals surface area (Å²) in [5, 5.41) is 3.59. The molecule has 0 aliphatic rings. The number of carbonyl (C=O) groups is 2. The van der Waals surface area contributed by atoms with Crippen LogP contribution in [0.4, 0.5) is 5.69 Å². The zero-order chi connectivity index (χ0) is 24.0. The number of carbonyl (C=O) groups excluding carboxylic acids is 2. The first-order valence-corrected chi connectivity index (χ1v) is 11.6. The Morgan fingerprint density at radius 2 is 1.79 bits per heavy atom. The summed E-state index contributed by atoms with van der Waals surface area (Å²) in [5.41, 5.74) is 2.16. The second kappa shape index (κ2) is 11.0. The number of nitrogens with one attached hydrogen (secondary N) is 1. The van der Waals surface area contributed by atoms with Crippen LogP contribution in [-0.2, 0) is 4.79 Å². The number of amides is 2. The summed E-state index contributed by atoms with van der Waals surface area (Å²) < 4.78 is 10.7. The van der Waals surface area contributed by atoms with E-state index in [4.69, 9.17) is 9.47 Å². The molecule has 0 aliphatic carbocycles. The average Bonchev–Trinajstić information content (AvgIpc) is 3.23. The standard InChI is InChI=1S/C25H29N3O4S/c1-6-14-28(17(3)23(29)27-19-10-8-7-9-11-19)25(30)22-16(2)26-24(33-22)18-12-13-20(31-4)21(15-18)32-5/h7-13,15,17H,6,14H2,1-5H3,(H,27,29). The number of para-hydroxylation sites is 1. The Labute approximate surface area is 198 Å².